The van der Waals surface area contributed by atoms with Gasteiger partial charge in [0.15, 0.2) is 5.78 Å². The lowest BCUT2D eigenvalue weighted by molar-refractivity contribution is 0.104. The SMILES string of the molecule is CN(C)C1=CCC(N=C2C=CC(=O)c3ccccc32)C=C1. The molecule has 3 rings (SSSR count). The van der Waals surface area contributed by atoms with Gasteiger partial charge in [-0.3, -0.25) is 9.79 Å². The van der Waals surface area contributed by atoms with Crippen molar-refractivity contribution in [3.05, 3.63) is 71.5 Å². The predicted molar refractivity (Wildman–Crippen MR) is 85.8 cm³/mol. The highest BCUT2D eigenvalue weighted by molar-refractivity contribution is 6.23. The Kier molecular flexibility index (Phi) is 3.57. The Balaban J connectivity index is 1.87. The Morgan fingerprint density at radius 3 is 2.52 bits per heavy atom. The fourth-order valence-corrected chi connectivity index (χ4v) is 2.57. The molecule has 0 saturated heterocycles. The Bertz CT molecular complexity index is 693. The van der Waals surface area contributed by atoms with Gasteiger partial charge in [0, 0.05) is 30.9 Å². The van der Waals surface area contributed by atoms with Crippen LogP contribution in [0.25, 0.3) is 0 Å². The number of aliphatic imine (C=N–C) groups is 1. The van der Waals surface area contributed by atoms with Gasteiger partial charge in [-0.25, -0.2) is 0 Å². The van der Waals surface area contributed by atoms with E-state index in [1.807, 2.05) is 44.4 Å². The van der Waals surface area contributed by atoms with E-state index < -0.39 is 0 Å². The summed E-state index contributed by atoms with van der Waals surface area (Å²) in [5.74, 6) is 0.0542. The van der Waals surface area contributed by atoms with Crippen molar-refractivity contribution in [1.29, 1.82) is 0 Å². The highest BCUT2D eigenvalue weighted by atomic mass is 16.1. The van der Waals surface area contributed by atoms with Crippen molar-refractivity contribution in [1.82, 2.24) is 4.90 Å². The number of rotatable bonds is 2. The maximum Gasteiger partial charge on any atom is 0.186 e. The molecule has 0 spiro atoms. The summed E-state index contributed by atoms with van der Waals surface area (Å²) in [6.45, 7) is 0. The number of benzene rings is 1. The Morgan fingerprint density at radius 1 is 1.10 bits per heavy atom. The molecule has 0 fully saturated rings. The first-order chi connectivity index (χ1) is 10.1. The molecule has 0 heterocycles. The van der Waals surface area contributed by atoms with E-state index in [9.17, 15) is 4.79 Å². The Hall–Kier alpha value is -2.42. The molecule has 106 valence electrons. The van der Waals surface area contributed by atoms with Crippen molar-refractivity contribution in [3.63, 3.8) is 0 Å². The molecule has 1 aromatic carbocycles. The third-order valence-corrected chi connectivity index (χ3v) is 3.74. The van der Waals surface area contributed by atoms with Gasteiger partial charge in [0.05, 0.1) is 11.8 Å². The second kappa shape index (κ2) is 5.52. The van der Waals surface area contributed by atoms with Crippen molar-refractivity contribution in [2.24, 2.45) is 4.99 Å². The third-order valence-electron chi connectivity index (χ3n) is 3.74. The van der Waals surface area contributed by atoms with Crippen molar-refractivity contribution >= 4 is 11.5 Å². The van der Waals surface area contributed by atoms with Gasteiger partial charge in [-0.05, 0) is 24.6 Å². The van der Waals surface area contributed by atoms with Gasteiger partial charge in [-0.15, -0.1) is 0 Å². The first-order valence-electron chi connectivity index (χ1n) is 7.10. The van der Waals surface area contributed by atoms with Gasteiger partial charge in [-0.1, -0.05) is 36.4 Å². The van der Waals surface area contributed by atoms with Crippen LogP contribution in [-0.2, 0) is 0 Å². The van der Waals surface area contributed by atoms with Gasteiger partial charge in [0.2, 0.25) is 0 Å². The highest BCUT2D eigenvalue weighted by Gasteiger charge is 2.18. The Morgan fingerprint density at radius 2 is 1.86 bits per heavy atom. The molecule has 3 heteroatoms. The molecule has 0 aromatic heterocycles. The van der Waals surface area contributed by atoms with Crippen LogP contribution in [0.15, 0.2) is 65.3 Å². The summed E-state index contributed by atoms with van der Waals surface area (Å²) in [5, 5.41) is 0. The zero-order valence-corrected chi connectivity index (χ0v) is 12.3. The van der Waals surface area contributed by atoms with Crippen molar-refractivity contribution in [2.75, 3.05) is 14.1 Å². The quantitative estimate of drug-likeness (QED) is 0.833. The molecule has 21 heavy (non-hydrogen) atoms. The molecule has 1 atom stereocenters. The van der Waals surface area contributed by atoms with Gasteiger partial charge in [-0.2, -0.15) is 0 Å². The molecule has 0 amide bonds. The van der Waals surface area contributed by atoms with Gasteiger partial charge in [0.1, 0.15) is 0 Å². The second-order valence-corrected chi connectivity index (χ2v) is 5.44. The van der Waals surface area contributed by atoms with Crippen molar-refractivity contribution < 1.29 is 4.79 Å². The molecule has 0 N–H and O–H groups in total. The van der Waals surface area contributed by atoms with E-state index in [0.717, 1.165) is 23.3 Å². The smallest absolute Gasteiger partial charge is 0.186 e. The lowest BCUT2D eigenvalue weighted by atomic mass is 9.94. The van der Waals surface area contributed by atoms with Gasteiger partial charge >= 0.3 is 0 Å². The summed E-state index contributed by atoms with van der Waals surface area (Å²) in [4.78, 5) is 18.8. The second-order valence-electron chi connectivity index (χ2n) is 5.44. The maximum atomic E-state index is 11.9. The van der Waals surface area contributed by atoms with E-state index in [2.05, 4.69) is 23.1 Å². The van der Waals surface area contributed by atoms with Crippen LogP contribution < -0.4 is 0 Å². The Labute approximate surface area is 125 Å². The minimum atomic E-state index is 0.0542. The fraction of sp³-hybridized carbons (Fsp3) is 0.222. The number of allylic oxidation sites excluding steroid dienone is 3. The third kappa shape index (κ3) is 2.72. The summed E-state index contributed by atoms with van der Waals surface area (Å²) >= 11 is 0. The first-order valence-corrected chi connectivity index (χ1v) is 7.10. The fourth-order valence-electron chi connectivity index (χ4n) is 2.57. The van der Waals surface area contributed by atoms with Crippen molar-refractivity contribution in [3.8, 4) is 0 Å². The van der Waals surface area contributed by atoms with Crippen LogP contribution in [0.5, 0.6) is 0 Å². The molecule has 0 aliphatic heterocycles. The standard InChI is InChI=1S/C18H18N2O/c1-20(2)14-9-7-13(8-10-14)19-17-11-12-18(21)16-6-4-3-5-15(16)17/h3-7,9-13H,8H2,1-2H3. The highest BCUT2D eigenvalue weighted by Crippen LogP contribution is 2.20. The number of carbonyl (C=O) groups excluding carboxylic acids is 1. The van der Waals surface area contributed by atoms with E-state index in [4.69, 9.17) is 4.99 Å². The molecule has 0 saturated carbocycles. The van der Waals surface area contributed by atoms with Gasteiger partial charge < -0.3 is 4.90 Å². The number of fused-ring (bicyclic) bond motifs is 1. The van der Waals surface area contributed by atoms with Crippen LogP contribution in [-0.4, -0.2) is 36.5 Å². The van der Waals surface area contributed by atoms with E-state index in [1.54, 1.807) is 6.08 Å². The monoisotopic (exact) mass is 278 g/mol. The average Bonchev–Trinajstić information content (AvgIpc) is 2.51. The number of likely N-dealkylation sites (N-methyl/N-ethyl adjacent to an activating group) is 1. The van der Waals surface area contributed by atoms with Gasteiger partial charge in [0.25, 0.3) is 0 Å². The first kappa shape index (κ1) is 13.6. The van der Waals surface area contributed by atoms with Crippen LogP contribution >= 0.6 is 0 Å². The lowest BCUT2D eigenvalue weighted by Gasteiger charge is -2.20. The van der Waals surface area contributed by atoms with Crippen LogP contribution in [0.3, 0.4) is 0 Å². The largest absolute Gasteiger partial charge is 0.378 e. The van der Waals surface area contributed by atoms with Crippen LogP contribution in [0, 0.1) is 0 Å². The summed E-state index contributed by atoms with van der Waals surface area (Å²) in [7, 11) is 4.07. The number of hydrogen-bond donors (Lipinski definition) is 0. The minimum Gasteiger partial charge on any atom is -0.378 e. The molecule has 0 bridgehead atoms. The lowest BCUT2D eigenvalue weighted by Crippen LogP contribution is -2.17. The van der Waals surface area contributed by atoms with Crippen LogP contribution in [0.2, 0.25) is 0 Å². The van der Waals surface area contributed by atoms with Crippen molar-refractivity contribution in [2.45, 2.75) is 12.5 Å². The number of hydrogen-bond acceptors (Lipinski definition) is 3. The number of nitrogens with zero attached hydrogens (tertiary/aromatic N) is 2. The maximum absolute atomic E-state index is 11.9. The summed E-state index contributed by atoms with van der Waals surface area (Å²) in [6, 6.07) is 7.79. The molecule has 2 aliphatic carbocycles. The number of ketones is 1. The van der Waals surface area contributed by atoms with Crippen LogP contribution in [0.1, 0.15) is 22.3 Å². The van der Waals surface area contributed by atoms with E-state index >= 15 is 0 Å². The van der Waals surface area contributed by atoms with E-state index in [0.29, 0.717) is 0 Å². The zero-order valence-electron chi connectivity index (χ0n) is 12.3. The minimum absolute atomic E-state index is 0.0542. The molecule has 2 aliphatic rings. The summed E-state index contributed by atoms with van der Waals surface area (Å²) in [5.41, 5.74) is 3.77. The molecular weight excluding hydrogens is 260 g/mol. The molecule has 1 unspecified atom stereocenters. The zero-order chi connectivity index (χ0) is 14.8. The average molecular weight is 278 g/mol. The molecule has 1 aromatic rings. The summed E-state index contributed by atoms with van der Waals surface area (Å²) in [6.07, 6.45) is 10.7. The molecule has 0 radical (unpaired) electrons. The van der Waals surface area contributed by atoms with E-state index in [1.165, 1.54) is 5.70 Å². The summed E-state index contributed by atoms with van der Waals surface area (Å²) < 4.78 is 0. The predicted octanol–water partition coefficient (Wildman–Crippen LogP) is 3.00. The van der Waals surface area contributed by atoms with E-state index in [-0.39, 0.29) is 11.8 Å². The topological polar surface area (TPSA) is 32.7 Å². The molecular formula is C18H18N2O. The molecule has 3 nitrogen and oxygen atoms in total. The number of carbonyl (C=O) groups is 1. The normalized spacial score (nSPS) is 22.2. The van der Waals surface area contributed by atoms with Crippen LogP contribution in [0.4, 0.5) is 0 Å².